The summed E-state index contributed by atoms with van der Waals surface area (Å²) in [6.07, 6.45) is 2.82. The predicted octanol–water partition coefficient (Wildman–Crippen LogP) is 10.4. The first-order valence-corrected chi connectivity index (χ1v) is 14.1. The largest absolute Gasteiger partial charge is 0.332 e. The number of aryl methyl sites for hydroxylation is 1. The molecular weight excluding hydrogens is 474 g/mol. The van der Waals surface area contributed by atoms with Gasteiger partial charge in [-0.2, -0.15) is 0 Å². The third-order valence-corrected chi connectivity index (χ3v) is 6.82. The van der Waals surface area contributed by atoms with Gasteiger partial charge < -0.3 is 4.57 Å². The highest BCUT2D eigenvalue weighted by Gasteiger charge is 2.27. The number of hydrogen-bond donors (Lipinski definition) is 0. The first kappa shape index (κ1) is 29.6. The zero-order chi connectivity index (χ0) is 27.2. The molecule has 3 nitrogen and oxygen atoms in total. The molecule has 202 valence electrons. The number of hydrogen-bond acceptors (Lipinski definition) is 2. The summed E-state index contributed by atoms with van der Waals surface area (Å²) < 4.78 is 2.44. The smallest absolute Gasteiger partial charge is 0.148 e. The first-order valence-electron chi connectivity index (χ1n) is 14.1. The van der Waals surface area contributed by atoms with Gasteiger partial charge in [-0.25, -0.2) is 9.97 Å². The van der Waals surface area contributed by atoms with E-state index < -0.39 is 0 Å². The van der Waals surface area contributed by atoms with E-state index in [0.717, 1.165) is 17.9 Å². The molecule has 3 heteroatoms. The van der Waals surface area contributed by atoms with Gasteiger partial charge in [0.25, 0.3) is 0 Å². The molecule has 0 fully saturated rings. The molecule has 0 amide bonds. The molecule has 0 atom stereocenters. The van der Waals surface area contributed by atoms with Crippen molar-refractivity contribution in [2.24, 2.45) is 0 Å². The van der Waals surface area contributed by atoms with Crippen molar-refractivity contribution in [3.63, 3.8) is 0 Å². The molecule has 0 aliphatic heterocycles. The van der Waals surface area contributed by atoms with Crippen LogP contribution in [0.4, 0.5) is 0 Å². The highest BCUT2D eigenvalue weighted by atomic mass is 15.0. The summed E-state index contributed by atoms with van der Waals surface area (Å²) in [7, 11) is 0. The summed E-state index contributed by atoms with van der Waals surface area (Å²) in [6, 6.07) is 28.5. The maximum atomic E-state index is 4.73. The number of para-hydroxylation sites is 1. The number of benzene rings is 4. The van der Waals surface area contributed by atoms with E-state index >= 15 is 0 Å². The van der Waals surface area contributed by atoms with E-state index in [9.17, 15) is 0 Å². The van der Waals surface area contributed by atoms with E-state index in [0.29, 0.717) is 6.54 Å². The molecule has 0 saturated carbocycles. The fourth-order valence-corrected chi connectivity index (χ4v) is 5.56. The average molecular weight is 518 g/mol. The Hall–Kier alpha value is -3.98. The molecule has 1 aliphatic rings. The van der Waals surface area contributed by atoms with Crippen LogP contribution in [0.15, 0.2) is 85.1 Å². The molecule has 0 unspecified atom stereocenters. The van der Waals surface area contributed by atoms with Gasteiger partial charge in [-0.1, -0.05) is 116 Å². The maximum Gasteiger partial charge on any atom is 0.148 e. The van der Waals surface area contributed by atoms with Crippen LogP contribution in [-0.2, 0) is 13.0 Å². The lowest BCUT2D eigenvalue weighted by molar-refractivity contribution is 0.784. The van der Waals surface area contributed by atoms with Gasteiger partial charge in [0.1, 0.15) is 5.82 Å². The van der Waals surface area contributed by atoms with E-state index in [1.807, 2.05) is 60.7 Å². The van der Waals surface area contributed by atoms with Crippen molar-refractivity contribution < 1.29 is 0 Å². The summed E-state index contributed by atoms with van der Waals surface area (Å²) in [5.41, 5.74) is 9.14. The second-order valence-corrected chi connectivity index (χ2v) is 8.67. The van der Waals surface area contributed by atoms with Crippen LogP contribution in [0, 0.1) is 6.92 Å². The predicted molar refractivity (Wildman–Crippen MR) is 172 cm³/mol. The zero-order valence-electron chi connectivity index (χ0n) is 23.8. The van der Waals surface area contributed by atoms with Gasteiger partial charge in [-0.05, 0) is 52.1 Å². The molecule has 0 spiro atoms. The van der Waals surface area contributed by atoms with Crippen LogP contribution in [0.2, 0.25) is 0 Å². The topological polar surface area (TPSA) is 30.7 Å². The van der Waals surface area contributed by atoms with E-state index in [1.54, 1.807) is 0 Å². The molecule has 39 heavy (non-hydrogen) atoms. The second-order valence-electron chi connectivity index (χ2n) is 8.67. The minimum Gasteiger partial charge on any atom is -0.332 e. The lowest BCUT2D eigenvalue weighted by Gasteiger charge is -2.13. The Morgan fingerprint density at radius 1 is 0.718 bits per heavy atom. The summed E-state index contributed by atoms with van der Waals surface area (Å²) >= 11 is 0. The Kier molecular flexibility index (Phi) is 10.0. The molecular formula is C36H43N3. The molecule has 6 aromatic rings. The Morgan fingerprint density at radius 3 is 2.05 bits per heavy atom. The lowest BCUT2D eigenvalue weighted by Crippen LogP contribution is -2.06. The van der Waals surface area contributed by atoms with Crippen LogP contribution in [-0.4, -0.2) is 14.5 Å². The van der Waals surface area contributed by atoms with Crippen molar-refractivity contribution in [1.82, 2.24) is 14.5 Å². The van der Waals surface area contributed by atoms with Crippen LogP contribution in [0.25, 0.3) is 43.7 Å². The second kappa shape index (κ2) is 13.2. The SMILES string of the molecule is C.CC.CC.CC.Cc1ccnc(Cn2c3ccccc3c3c4ccccc4c4c(c32)Cc2ccccc2-4)n1. The highest BCUT2D eigenvalue weighted by Crippen LogP contribution is 2.48. The number of nitrogens with zero attached hydrogens (tertiary/aromatic N) is 3. The van der Waals surface area contributed by atoms with Crippen LogP contribution in [0.5, 0.6) is 0 Å². The van der Waals surface area contributed by atoms with Crippen molar-refractivity contribution in [3.05, 3.63) is 108 Å². The molecule has 0 radical (unpaired) electrons. The Balaban J connectivity index is 0.000000565. The molecule has 0 saturated heterocycles. The third kappa shape index (κ3) is 5.06. The fraction of sp³-hybridized carbons (Fsp3) is 0.278. The van der Waals surface area contributed by atoms with Crippen molar-refractivity contribution in [1.29, 1.82) is 0 Å². The first-order chi connectivity index (χ1) is 18.8. The van der Waals surface area contributed by atoms with E-state index in [1.165, 1.54) is 54.8 Å². The van der Waals surface area contributed by atoms with Gasteiger partial charge in [0.05, 0.1) is 12.1 Å². The van der Waals surface area contributed by atoms with Gasteiger partial charge in [-0.3, -0.25) is 0 Å². The lowest BCUT2D eigenvalue weighted by atomic mass is 9.94. The Bertz CT molecular complexity index is 1690. The standard InChI is InChI=1S/C29H21N3.3C2H6.CH4/c1-18-14-15-30-26(31-18)17-32-25-13-7-6-12-23(25)28-22-11-5-4-10-21(22)27-20-9-3-2-8-19(20)16-24(27)29(28)32;3*1-2;/h2-15H,16-17H2,1H3;3*1-2H3;1H4. The quantitative estimate of drug-likeness (QED) is 0.228. The fourth-order valence-electron chi connectivity index (χ4n) is 5.56. The Labute approximate surface area is 234 Å². The van der Waals surface area contributed by atoms with Crippen LogP contribution in [0.3, 0.4) is 0 Å². The molecule has 0 bridgehead atoms. The van der Waals surface area contributed by atoms with Gasteiger partial charge >= 0.3 is 0 Å². The van der Waals surface area contributed by atoms with Crippen molar-refractivity contribution >= 4 is 32.6 Å². The average Bonchev–Trinajstić information content (AvgIpc) is 3.53. The van der Waals surface area contributed by atoms with Crippen LogP contribution >= 0.6 is 0 Å². The van der Waals surface area contributed by atoms with Crippen LogP contribution in [0.1, 0.15) is 71.6 Å². The molecule has 4 aromatic carbocycles. The molecule has 7 rings (SSSR count). The van der Waals surface area contributed by atoms with Gasteiger partial charge in [-0.15, -0.1) is 0 Å². The minimum atomic E-state index is 0. The molecule has 1 aliphatic carbocycles. The minimum absolute atomic E-state index is 0. The van der Waals surface area contributed by atoms with Gasteiger partial charge in [0, 0.05) is 34.6 Å². The summed E-state index contributed by atoms with van der Waals surface area (Å²) in [4.78, 5) is 9.32. The zero-order valence-corrected chi connectivity index (χ0v) is 23.8. The summed E-state index contributed by atoms with van der Waals surface area (Å²) in [6.45, 7) is 14.7. The number of fused-ring (bicyclic) bond motifs is 10. The number of rotatable bonds is 2. The molecule has 2 heterocycles. The third-order valence-electron chi connectivity index (χ3n) is 6.82. The summed E-state index contributed by atoms with van der Waals surface area (Å²) in [5, 5.41) is 5.30. The van der Waals surface area contributed by atoms with E-state index in [4.69, 9.17) is 4.98 Å². The van der Waals surface area contributed by atoms with Gasteiger partial charge in [0.2, 0.25) is 0 Å². The summed E-state index contributed by atoms with van der Waals surface area (Å²) in [5.74, 6) is 0.852. The van der Waals surface area contributed by atoms with Crippen molar-refractivity contribution in [2.75, 3.05) is 0 Å². The Morgan fingerprint density at radius 2 is 1.33 bits per heavy atom. The number of aromatic nitrogens is 3. The van der Waals surface area contributed by atoms with E-state index in [2.05, 4.69) is 82.3 Å². The van der Waals surface area contributed by atoms with Crippen molar-refractivity contribution in [2.45, 2.75) is 68.9 Å². The maximum absolute atomic E-state index is 4.73. The van der Waals surface area contributed by atoms with Crippen LogP contribution < -0.4 is 0 Å². The monoisotopic (exact) mass is 517 g/mol. The van der Waals surface area contributed by atoms with Gasteiger partial charge in [0.15, 0.2) is 0 Å². The highest BCUT2D eigenvalue weighted by molar-refractivity contribution is 6.25. The normalized spacial score (nSPS) is 10.7. The van der Waals surface area contributed by atoms with E-state index in [-0.39, 0.29) is 7.43 Å². The molecule has 0 N–H and O–H groups in total. The molecule has 2 aromatic heterocycles. The van der Waals surface area contributed by atoms with Crippen molar-refractivity contribution in [3.8, 4) is 11.1 Å².